The van der Waals surface area contributed by atoms with Crippen LogP contribution < -0.4 is 0 Å². The van der Waals surface area contributed by atoms with Gasteiger partial charge in [-0.1, -0.05) is 23.7 Å². The topological polar surface area (TPSA) is 70.2 Å². The monoisotopic (exact) mass is 579 g/mol. The van der Waals surface area contributed by atoms with Gasteiger partial charge in [0, 0.05) is 47.5 Å². The number of halogens is 2. The van der Waals surface area contributed by atoms with Gasteiger partial charge in [-0.2, -0.15) is 4.31 Å². The molecule has 1 fully saturated rings. The summed E-state index contributed by atoms with van der Waals surface area (Å²) < 4.78 is 47.5. The number of aryl methyl sites for hydroxylation is 1. The van der Waals surface area contributed by atoms with Crippen molar-refractivity contribution in [1.82, 2.24) is 14.1 Å². The molecule has 1 aliphatic rings. The van der Waals surface area contributed by atoms with E-state index in [2.05, 4.69) is 4.90 Å². The lowest BCUT2D eigenvalue weighted by Gasteiger charge is -2.31. The van der Waals surface area contributed by atoms with Gasteiger partial charge in [0.2, 0.25) is 15.9 Å². The van der Waals surface area contributed by atoms with Crippen LogP contribution in [0.25, 0.3) is 0 Å². The van der Waals surface area contributed by atoms with Gasteiger partial charge in [-0.25, -0.2) is 12.8 Å². The van der Waals surface area contributed by atoms with E-state index in [4.69, 9.17) is 16.3 Å². The molecule has 0 atom stereocenters. The van der Waals surface area contributed by atoms with Crippen LogP contribution in [0.1, 0.15) is 15.3 Å². The zero-order valence-electron chi connectivity index (χ0n) is 21.2. The molecule has 11 heteroatoms. The van der Waals surface area contributed by atoms with Crippen LogP contribution in [0.2, 0.25) is 5.02 Å². The Bertz CT molecular complexity index is 1310. The van der Waals surface area contributed by atoms with Gasteiger partial charge in [0.25, 0.3) is 0 Å². The Morgan fingerprint density at radius 2 is 1.71 bits per heavy atom. The van der Waals surface area contributed by atoms with Crippen molar-refractivity contribution in [3.05, 3.63) is 86.8 Å². The van der Waals surface area contributed by atoms with Crippen LogP contribution in [-0.4, -0.2) is 74.4 Å². The fourth-order valence-corrected chi connectivity index (χ4v) is 6.58. The number of ether oxygens (including phenoxy) is 1. The molecule has 38 heavy (non-hydrogen) atoms. The van der Waals surface area contributed by atoms with Gasteiger partial charge in [0.1, 0.15) is 5.82 Å². The minimum Gasteiger partial charge on any atom is -0.379 e. The van der Waals surface area contributed by atoms with Crippen LogP contribution in [0.15, 0.2) is 65.6 Å². The lowest BCUT2D eigenvalue weighted by atomic mass is 10.2. The molecule has 3 aromatic rings. The number of carbonyl (C=O) groups is 1. The molecule has 1 aliphatic heterocycles. The first-order chi connectivity index (χ1) is 18.2. The highest BCUT2D eigenvalue weighted by Gasteiger charge is 2.29. The lowest BCUT2D eigenvalue weighted by Crippen LogP contribution is -2.46. The number of hydrogen-bond donors (Lipinski definition) is 0. The fourth-order valence-electron chi connectivity index (χ4n) is 4.17. The number of carbonyl (C=O) groups excluding carboxylic acids is 1. The molecule has 0 unspecified atom stereocenters. The van der Waals surface area contributed by atoms with Crippen molar-refractivity contribution in [3.63, 3.8) is 0 Å². The second-order valence-electron chi connectivity index (χ2n) is 9.14. The van der Waals surface area contributed by atoms with E-state index in [0.717, 1.165) is 15.3 Å². The minimum absolute atomic E-state index is 0.0793. The number of hydrogen-bond acceptors (Lipinski definition) is 6. The molecule has 0 aliphatic carbocycles. The van der Waals surface area contributed by atoms with E-state index in [1.807, 2.05) is 19.1 Å². The summed E-state index contributed by atoms with van der Waals surface area (Å²) in [6.45, 7) is 5.46. The van der Waals surface area contributed by atoms with Crippen molar-refractivity contribution in [2.75, 3.05) is 45.9 Å². The van der Waals surface area contributed by atoms with E-state index in [9.17, 15) is 17.6 Å². The highest BCUT2D eigenvalue weighted by atomic mass is 35.5. The first kappa shape index (κ1) is 28.7. The largest absolute Gasteiger partial charge is 0.379 e. The van der Waals surface area contributed by atoms with Gasteiger partial charge in [0.15, 0.2) is 0 Å². The maximum atomic E-state index is 13.7. The number of morpholine rings is 1. The van der Waals surface area contributed by atoms with E-state index in [1.54, 1.807) is 28.4 Å². The summed E-state index contributed by atoms with van der Waals surface area (Å²) in [6.07, 6.45) is 0. The molecule has 1 saturated heterocycles. The van der Waals surface area contributed by atoms with Gasteiger partial charge in [-0.3, -0.25) is 9.69 Å². The van der Waals surface area contributed by atoms with Crippen LogP contribution in [0.5, 0.6) is 0 Å². The van der Waals surface area contributed by atoms with E-state index in [0.29, 0.717) is 44.4 Å². The van der Waals surface area contributed by atoms with Crippen LogP contribution in [0.4, 0.5) is 4.39 Å². The molecular formula is C27H31ClFN3O4S2. The van der Waals surface area contributed by atoms with Crippen molar-refractivity contribution in [2.45, 2.75) is 24.9 Å². The molecule has 4 rings (SSSR count). The van der Waals surface area contributed by atoms with E-state index in [-0.39, 0.29) is 36.3 Å². The predicted molar refractivity (Wildman–Crippen MR) is 147 cm³/mol. The van der Waals surface area contributed by atoms with E-state index in [1.165, 1.54) is 40.7 Å². The second-order valence-corrected chi connectivity index (χ2v) is 12.9. The second kappa shape index (κ2) is 13.1. The third kappa shape index (κ3) is 7.84. The number of nitrogens with zero attached hydrogens (tertiary/aromatic N) is 3. The van der Waals surface area contributed by atoms with Gasteiger partial charge in [-0.15, -0.1) is 11.3 Å². The summed E-state index contributed by atoms with van der Waals surface area (Å²) in [5.74, 6) is -0.691. The van der Waals surface area contributed by atoms with Gasteiger partial charge >= 0.3 is 0 Å². The average molecular weight is 580 g/mol. The number of sulfonamides is 1. The first-order valence-corrected chi connectivity index (χ1v) is 15.0. The Balaban J connectivity index is 1.58. The Labute approximate surface area is 232 Å². The Morgan fingerprint density at radius 3 is 2.34 bits per heavy atom. The third-order valence-corrected chi connectivity index (χ3v) is 9.41. The summed E-state index contributed by atoms with van der Waals surface area (Å²) in [7, 11) is -3.97. The van der Waals surface area contributed by atoms with Gasteiger partial charge < -0.3 is 9.64 Å². The summed E-state index contributed by atoms with van der Waals surface area (Å²) in [6, 6.07) is 15.9. The highest BCUT2D eigenvalue weighted by Crippen LogP contribution is 2.22. The fraction of sp³-hybridized carbons (Fsp3) is 0.370. The maximum Gasteiger partial charge on any atom is 0.243 e. The van der Waals surface area contributed by atoms with E-state index < -0.39 is 10.0 Å². The quantitative estimate of drug-likeness (QED) is 0.337. The standard InChI is InChI=1S/C27H31ClFN3O4S2/c1-21-2-9-25(37-21)19-31(18-22-3-7-24(29)8-4-22)27(33)20-32(13-12-30-14-16-36-17-15-30)38(34,35)26-10-5-23(28)6-11-26/h2-11H,12-20H2,1H3. The Morgan fingerprint density at radius 1 is 1.03 bits per heavy atom. The number of amides is 1. The molecule has 0 spiro atoms. The van der Waals surface area contributed by atoms with Crippen LogP contribution in [0.3, 0.4) is 0 Å². The molecule has 1 amide bonds. The zero-order valence-corrected chi connectivity index (χ0v) is 23.6. The minimum atomic E-state index is -3.97. The smallest absolute Gasteiger partial charge is 0.243 e. The van der Waals surface area contributed by atoms with Crippen molar-refractivity contribution in [3.8, 4) is 0 Å². The van der Waals surface area contributed by atoms with E-state index >= 15 is 0 Å². The predicted octanol–water partition coefficient (Wildman–Crippen LogP) is 4.40. The number of thiophene rings is 1. The summed E-state index contributed by atoms with van der Waals surface area (Å²) in [5.41, 5.74) is 0.758. The molecular weight excluding hydrogens is 549 g/mol. The number of rotatable bonds is 11. The van der Waals surface area contributed by atoms with Crippen LogP contribution in [0, 0.1) is 12.7 Å². The molecule has 0 N–H and O–H groups in total. The molecule has 2 aromatic carbocycles. The summed E-state index contributed by atoms with van der Waals surface area (Å²) >= 11 is 7.57. The average Bonchev–Trinajstić information content (AvgIpc) is 3.32. The molecule has 1 aromatic heterocycles. The molecule has 0 saturated carbocycles. The maximum absolute atomic E-state index is 13.7. The molecule has 0 radical (unpaired) electrons. The highest BCUT2D eigenvalue weighted by molar-refractivity contribution is 7.89. The van der Waals surface area contributed by atoms with Gasteiger partial charge in [0.05, 0.1) is 31.2 Å². The number of benzene rings is 2. The summed E-state index contributed by atoms with van der Waals surface area (Å²) in [5, 5.41) is 0.427. The van der Waals surface area contributed by atoms with Crippen molar-refractivity contribution < 1.29 is 22.3 Å². The van der Waals surface area contributed by atoms with Crippen LogP contribution in [-0.2, 0) is 32.6 Å². The van der Waals surface area contributed by atoms with Crippen molar-refractivity contribution in [2.24, 2.45) is 0 Å². The molecule has 204 valence electrons. The molecule has 0 bridgehead atoms. The first-order valence-electron chi connectivity index (χ1n) is 12.3. The SMILES string of the molecule is Cc1ccc(CN(Cc2ccc(F)cc2)C(=O)CN(CCN2CCOCC2)S(=O)(=O)c2ccc(Cl)cc2)s1. The van der Waals surface area contributed by atoms with Gasteiger partial charge in [-0.05, 0) is 61.0 Å². The van der Waals surface area contributed by atoms with Crippen molar-refractivity contribution in [1.29, 1.82) is 0 Å². The normalized spacial score (nSPS) is 14.6. The Hall–Kier alpha value is -2.34. The van der Waals surface area contributed by atoms with Crippen molar-refractivity contribution >= 4 is 38.9 Å². The van der Waals surface area contributed by atoms with Crippen LogP contribution >= 0.6 is 22.9 Å². The summed E-state index contributed by atoms with van der Waals surface area (Å²) in [4.78, 5) is 19.6. The Kier molecular flexibility index (Phi) is 9.91. The molecule has 2 heterocycles. The molecule has 7 nitrogen and oxygen atoms in total. The lowest BCUT2D eigenvalue weighted by molar-refractivity contribution is -0.132. The zero-order chi connectivity index (χ0) is 27.1. The third-order valence-electron chi connectivity index (χ3n) is 6.31.